The molecule has 0 bridgehead atoms. The maximum atomic E-state index is 13.1. The summed E-state index contributed by atoms with van der Waals surface area (Å²) in [5.74, 6) is 0.286. The maximum absolute atomic E-state index is 13.1. The quantitative estimate of drug-likeness (QED) is 0.0568. The van der Waals surface area contributed by atoms with E-state index in [9.17, 15) is 48.1 Å². The minimum atomic E-state index is -3.90. The van der Waals surface area contributed by atoms with Gasteiger partial charge in [-0.1, -0.05) is 73.1 Å². The van der Waals surface area contributed by atoms with Gasteiger partial charge in [0.25, 0.3) is 17.7 Å². The Balaban J connectivity index is 0.000000159. The summed E-state index contributed by atoms with van der Waals surface area (Å²) in [5, 5.41) is 9.83. The summed E-state index contributed by atoms with van der Waals surface area (Å²) in [6.45, 7) is 5.15. The van der Waals surface area contributed by atoms with Gasteiger partial charge in [0.05, 0.1) is 62.4 Å². The number of pyridine rings is 1. The number of thiophene rings is 1. The van der Waals surface area contributed by atoms with Crippen molar-refractivity contribution < 1.29 is 52.8 Å². The van der Waals surface area contributed by atoms with Crippen LogP contribution in [0.5, 0.6) is 5.75 Å². The van der Waals surface area contributed by atoms with Gasteiger partial charge in [0.15, 0.2) is 9.84 Å². The molecule has 98 heavy (non-hydrogen) atoms. The number of halogens is 1. The highest BCUT2D eigenvalue weighted by Crippen LogP contribution is 2.33. The molecule has 0 aliphatic rings. The van der Waals surface area contributed by atoms with Crippen molar-refractivity contribution >= 4 is 102 Å². The van der Waals surface area contributed by atoms with Gasteiger partial charge < -0.3 is 25.6 Å². The van der Waals surface area contributed by atoms with Crippen molar-refractivity contribution in [1.29, 1.82) is 0 Å². The van der Waals surface area contributed by atoms with Crippen LogP contribution in [0.25, 0.3) is 21.6 Å². The van der Waals surface area contributed by atoms with Crippen molar-refractivity contribution in [3.05, 3.63) is 257 Å². The van der Waals surface area contributed by atoms with Crippen LogP contribution >= 0.6 is 22.9 Å². The summed E-state index contributed by atoms with van der Waals surface area (Å²) in [6, 6.07) is 39.6. The largest absolute Gasteiger partial charge is 0.492 e. The van der Waals surface area contributed by atoms with Crippen molar-refractivity contribution in [3.63, 3.8) is 0 Å². The number of ether oxygens (including phenoxy) is 1. The number of carbonyl (C=O) groups excluding carboxylic acids is 3. The van der Waals surface area contributed by atoms with Crippen LogP contribution in [0.2, 0.25) is 5.02 Å². The van der Waals surface area contributed by atoms with Gasteiger partial charge in [0, 0.05) is 99.2 Å². The number of hydrogen-bond donors (Lipinski definition) is 3. The second kappa shape index (κ2) is 31.0. The molecule has 0 fully saturated rings. The van der Waals surface area contributed by atoms with Crippen LogP contribution in [0, 0.1) is 0 Å². The molecule has 3 amide bonds. The number of nitrogens with one attached hydrogen (secondary N) is 3. The van der Waals surface area contributed by atoms with Gasteiger partial charge in [-0.15, -0.1) is 11.3 Å². The number of imidazole rings is 2. The van der Waals surface area contributed by atoms with E-state index in [1.165, 1.54) is 97.4 Å². The third-order valence-corrected chi connectivity index (χ3v) is 23.4. The third-order valence-electron chi connectivity index (χ3n) is 15.0. The highest BCUT2D eigenvalue weighted by molar-refractivity contribution is 7.92. The van der Waals surface area contributed by atoms with Gasteiger partial charge in [-0.25, -0.2) is 53.6 Å². The molecule has 0 saturated carbocycles. The van der Waals surface area contributed by atoms with Gasteiger partial charge in [-0.05, 0) is 146 Å². The number of nitrogens with zero attached hydrogens (tertiary/aromatic N) is 8. The van der Waals surface area contributed by atoms with E-state index in [2.05, 4.69) is 45.8 Å². The predicted octanol–water partition coefficient (Wildman–Crippen LogP) is 9.99. The summed E-state index contributed by atoms with van der Waals surface area (Å²) in [7, 11) is -10.9. The van der Waals surface area contributed by atoms with Crippen LogP contribution in [0.1, 0.15) is 66.5 Å². The Bertz CT molecular complexity index is 5330. The molecule has 29 heteroatoms. The third kappa shape index (κ3) is 17.2. The molecule has 0 aliphatic heterocycles. The molecule has 3 N–H and O–H groups in total. The first-order valence-electron chi connectivity index (χ1n) is 30.2. The average Bonchev–Trinajstić information content (AvgIpc) is 1.37. The highest BCUT2D eigenvalue weighted by Gasteiger charge is 2.25. The number of hydrogen-bond acceptors (Lipinski definition) is 19. The Morgan fingerprint density at radius 3 is 1.53 bits per heavy atom. The van der Waals surface area contributed by atoms with Crippen LogP contribution in [0.4, 0.5) is 0 Å². The monoisotopic (exact) mass is 1430 g/mol. The van der Waals surface area contributed by atoms with E-state index in [1.54, 1.807) is 132 Å². The molecule has 0 aliphatic carbocycles. The summed E-state index contributed by atoms with van der Waals surface area (Å²) < 4.78 is 112. The molecule has 12 aromatic rings. The first kappa shape index (κ1) is 70.7. The SMILES string of the molecule is CCOc1cc(Cl)ccc1S(=O)(=O)c1ccc(CNC(=O)c2cnc3nccn3c2)cc1.CCS(=O)(=O)c1cccc(S(=O)(=O)c2ccc(CNC(=O)c3cnc4nccn4c3)cc2)c1.CN(C)CCc1cccc(S(=O)(=O)c2ccc(CNC(=O)c3cc4ccncc4s3)cc2)c1. The molecular weight excluding hydrogens is 1370 g/mol. The van der Waals surface area contributed by atoms with E-state index < -0.39 is 39.3 Å². The number of rotatable bonds is 22. The predicted molar refractivity (Wildman–Crippen MR) is 370 cm³/mol. The number of amides is 3. The number of aromatic nitrogens is 7. The summed E-state index contributed by atoms with van der Waals surface area (Å²) in [5.41, 5.74) is 4.00. The maximum Gasteiger partial charge on any atom is 0.261 e. The van der Waals surface area contributed by atoms with Crippen LogP contribution in [-0.4, -0.2) is 123 Å². The minimum absolute atomic E-state index is 0.0263. The van der Waals surface area contributed by atoms with Crippen LogP contribution in [0.15, 0.2) is 248 Å². The van der Waals surface area contributed by atoms with Crippen molar-refractivity contribution in [3.8, 4) is 5.75 Å². The normalized spacial score (nSPS) is 11.7. The van der Waals surface area contributed by atoms with E-state index >= 15 is 0 Å². The van der Waals surface area contributed by atoms with Crippen molar-refractivity contribution in [1.82, 2.24) is 54.6 Å². The van der Waals surface area contributed by atoms with Gasteiger partial charge in [-0.2, -0.15) is 0 Å². The molecule has 6 aromatic heterocycles. The number of benzene rings is 6. The topological polar surface area (TPSA) is 310 Å². The van der Waals surface area contributed by atoms with E-state index in [-0.39, 0.29) is 71.7 Å². The Hall–Kier alpha value is -10.1. The molecule has 6 heterocycles. The smallest absolute Gasteiger partial charge is 0.261 e. The summed E-state index contributed by atoms with van der Waals surface area (Å²) >= 11 is 7.37. The lowest BCUT2D eigenvalue weighted by molar-refractivity contribution is 0.0942. The number of carbonyl (C=O) groups is 3. The molecule has 12 rings (SSSR count). The molecule has 0 unspecified atom stereocenters. The zero-order valence-electron chi connectivity index (χ0n) is 53.1. The van der Waals surface area contributed by atoms with Crippen LogP contribution < -0.4 is 20.7 Å². The lowest BCUT2D eigenvalue weighted by atomic mass is 10.1. The molecule has 23 nitrogen and oxygen atoms in total. The Morgan fingerprint density at radius 1 is 0.520 bits per heavy atom. The van der Waals surface area contributed by atoms with Gasteiger partial charge >= 0.3 is 0 Å². The lowest BCUT2D eigenvalue weighted by Gasteiger charge is -2.12. The standard InChI is InChI=1S/C25H25N3O3S2.C22H19ClN4O4S.C22H20N4O5S2/c1-28(2)13-11-18-4-3-5-22(14-18)33(30,31)21-8-6-19(7-9-21)16-27-25(29)23-15-20-10-12-26-17-24(20)32-23;1-2-31-19-11-17(23)5-8-20(19)32(29,30)18-6-3-15(4-7-18)12-25-21(28)16-13-26-22-24-9-10-27(22)14-16;1-2-32(28,29)19-4-3-5-20(12-19)33(30,31)18-8-6-16(7-9-18)13-24-21(27)17-14-25-22-23-10-11-26(22)15-17/h3-10,12,14-15,17H,11,13,16H2,1-2H3,(H,27,29);3-11,13-14H,2,12H2,1H3,(H,25,28);3-12,14-15H,2,13H2,1H3,(H,24,27). The van der Waals surface area contributed by atoms with Crippen molar-refractivity contribution in [2.75, 3.05) is 33.0 Å². The van der Waals surface area contributed by atoms with Gasteiger partial charge in [0.1, 0.15) is 10.6 Å². The fourth-order valence-electron chi connectivity index (χ4n) is 9.65. The molecule has 0 spiro atoms. The van der Waals surface area contributed by atoms with E-state index in [0.717, 1.165) is 39.7 Å². The molecule has 6 aromatic carbocycles. The van der Waals surface area contributed by atoms with Crippen molar-refractivity contribution in [2.24, 2.45) is 0 Å². The second-order valence-electron chi connectivity index (χ2n) is 22.1. The number of fused-ring (bicyclic) bond motifs is 3. The fraction of sp³-hybridized carbons (Fsp3) is 0.159. The molecule has 0 saturated heterocycles. The Labute approximate surface area is 574 Å². The molecular formula is C69H64ClN11O12S5. The lowest BCUT2D eigenvalue weighted by Crippen LogP contribution is -2.23. The summed E-state index contributed by atoms with van der Waals surface area (Å²) in [4.78, 5) is 61.0. The van der Waals surface area contributed by atoms with E-state index in [0.29, 0.717) is 56.2 Å². The Kier molecular flexibility index (Phi) is 22.4. The van der Waals surface area contributed by atoms with Crippen LogP contribution in [0.3, 0.4) is 0 Å². The number of sulfone groups is 4. The molecule has 504 valence electrons. The van der Waals surface area contributed by atoms with Gasteiger partial charge in [-0.3, -0.25) is 28.2 Å². The average molecular weight is 1440 g/mol. The first-order valence-corrected chi connectivity index (χ1v) is 37.5. The van der Waals surface area contributed by atoms with E-state index in [1.807, 2.05) is 32.3 Å². The Morgan fingerprint density at radius 2 is 1.02 bits per heavy atom. The first-order chi connectivity index (χ1) is 46.9. The second-order valence-corrected chi connectivity index (χ2v) is 31.7. The van der Waals surface area contributed by atoms with Gasteiger partial charge in [0.2, 0.25) is 41.1 Å². The minimum Gasteiger partial charge on any atom is -0.492 e. The summed E-state index contributed by atoms with van der Waals surface area (Å²) in [6.07, 6.45) is 16.9. The fourth-order valence-corrected chi connectivity index (χ4v) is 15.8. The van der Waals surface area contributed by atoms with E-state index in [4.69, 9.17) is 16.3 Å². The highest BCUT2D eigenvalue weighted by atomic mass is 35.5. The number of likely N-dealkylation sites (N-methyl/N-ethyl adjacent to an activating group) is 1. The zero-order valence-corrected chi connectivity index (χ0v) is 57.9. The zero-order chi connectivity index (χ0) is 69.8. The van der Waals surface area contributed by atoms with Crippen molar-refractivity contribution in [2.45, 2.75) is 74.2 Å². The van der Waals surface area contributed by atoms with Crippen LogP contribution in [-0.2, 0) is 65.4 Å². The molecule has 0 radical (unpaired) electrons. The molecule has 0 atom stereocenters.